The maximum absolute atomic E-state index is 13.5. The van der Waals surface area contributed by atoms with Crippen LogP contribution >= 0.6 is 0 Å². The standard InChI is InChI=1S/C22H30N4O/c27-22(20-17-6-3-7-18(17)23-24-20)26-10-4-5-14-11-15-12-16(21(14)26)13-25-9-2-1-8-19(15)25/h11,15-16,19,21H,1-10,12-13H2,(H,23,24)/t15-,16-,19?,21?/m0/s1. The molecule has 5 nitrogen and oxygen atoms in total. The normalized spacial score (nSPS) is 35.3. The Kier molecular flexibility index (Phi) is 3.75. The molecule has 3 fully saturated rings. The monoisotopic (exact) mass is 366 g/mol. The van der Waals surface area contributed by atoms with Crippen molar-refractivity contribution in [3.8, 4) is 0 Å². The summed E-state index contributed by atoms with van der Waals surface area (Å²) in [7, 11) is 0. The zero-order valence-electron chi connectivity index (χ0n) is 16.1. The van der Waals surface area contributed by atoms with Crippen molar-refractivity contribution in [1.82, 2.24) is 20.0 Å². The number of piperidine rings is 3. The summed E-state index contributed by atoms with van der Waals surface area (Å²) in [5.41, 5.74) is 4.68. The molecule has 4 heterocycles. The molecular weight excluding hydrogens is 336 g/mol. The Bertz CT molecular complexity index is 796. The van der Waals surface area contributed by atoms with Crippen molar-refractivity contribution in [1.29, 1.82) is 0 Å². The minimum absolute atomic E-state index is 0.184. The van der Waals surface area contributed by atoms with Gasteiger partial charge in [0, 0.05) is 30.4 Å². The van der Waals surface area contributed by atoms with Crippen molar-refractivity contribution in [2.75, 3.05) is 19.6 Å². The third-order valence-corrected chi connectivity index (χ3v) is 7.93. The van der Waals surface area contributed by atoms with Crippen molar-refractivity contribution < 1.29 is 4.79 Å². The number of nitrogens with one attached hydrogen (secondary N) is 1. The summed E-state index contributed by atoms with van der Waals surface area (Å²) in [5, 5.41) is 7.59. The maximum Gasteiger partial charge on any atom is 0.275 e. The molecule has 2 aliphatic carbocycles. The molecule has 0 aromatic carbocycles. The lowest BCUT2D eigenvalue weighted by Gasteiger charge is -2.54. The van der Waals surface area contributed by atoms with Crippen LogP contribution in [0.2, 0.25) is 0 Å². The van der Waals surface area contributed by atoms with Crippen LogP contribution in [0.25, 0.3) is 0 Å². The Morgan fingerprint density at radius 2 is 2.07 bits per heavy atom. The van der Waals surface area contributed by atoms with E-state index in [1.807, 2.05) is 0 Å². The van der Waals surface area contributed by atoms with Crippen molar-refractivity contribution in [3.63, 3.8) is 0 Å². The molecule has 2 unspecified atom stereocenters. The number of carbonyl (C=O) groups is 1. The number of nitrogens with zero attached hydrogens (tertiary/aromatic N) is 3. The topological polar surface area (TPSA) is 52.2 Å². The summed E-state index contributed by atoms with van der Waals surface area (Å²) in [4.78, 5) is 18.5. The van der Waals surface area contributed by atoms with Crippen LogP contribution in [-0.2, 0) is 12.8 Å². The highest BCUT2D eigenvalue weighted by molar-refractivity contribution is 5.94. The predicted octanol–water partition coefficient (Wildman–Crippen LogP) is 2.93. The second-order valence-electron chi connectivity index (χ2n) is 9.39. The first-order valence-electron chi connectivity index (χ1n) is 11.1. The van der Waals surface area contributed by atoms with Crippen molar-refractivity contribution in [3.05, 3.63) is 28.6 Å². The molecule has 5 heteroatoms. The van der Waals surface area contributed by atoms with E-state index in [9.17, 15) is 4.79 Å². The second-order valence-corrected chi connectivity index (χ2v) is 9.39. The first kappa shape index (κ1) is 16.3. The molecule has 27 heavy (non-hydrogen) atoms. The lowest BCUT2D eigenvalue weighted by molar-refractivity contribution is 0.00128. The molecule has 0 saturated carbocycles. The highest BCUT2D eigenvalue weighted by Crippen LogP contribution is 2.45. The van der Waals surface area contributed by atoms with Crippen LogP contribution in [0.1, 0.15) is 66.7 Å². The van der Waals surface area contributed by atoms with Gasteiger partial charge in [-0.15, -0.1) is 0 Å². The molecular formula is C22H30N4O. The molecule has 2 bridgehead atoms. The van der Waals surface area contributed by atoms with E-state index in [1.165, 1.54) is 56.5 Å². The molecule has 0 radical (unpaired) electrons. The highest BCUT2D eigenvalue weighted by atomic mass is 16.2. The fourth-order valence-corrected chi connectivity index (χ4v) is 6.83. The molecule has 5 aliphatic rings. The van der Waals surface area contributed by atoms with Gasteiger partial charge in [-0.05, 0) is 69.7 Å². The zero-order chi connectivity index (χ0) is 18.0. The van der Waals surface area contributed by atoms with Crippen LogP contribution in [0.3, 0.4) is 0 Å². The fraction of sp³-hybridized carbons (Fsp3) is 0.727. The van der Waals surface area contributed by atoms with Gasteiger partial charge in [0.25, 0.3) is 5.91 Å². The van der Waals surface area contributed by atoms with Gasteiger partial charge in [-0.25, -0.2) is 0 Å². The number of aromatic amines is 1. The van der Waals surface area contributed by atoms with E-state index < -0.39 is 0 Å². The minimum atomic E-state index is 0.184. The van der Waals surface area contributed by atoms with Gasteiger partial charge in [-0.3, -0.25) is 14.8 Å². The van der Waals surface area contributed by atoms with Crippen molar-refractivity contribution in [2.24, 2.45) is 11.8 Å². The van der Waals surface area contributed by atoms with E-state index >= 15 is 0 Å². The number of aromatic nitrogens is 2. The first-order valence-corrected chi connectivity index (χ1v) is 11.1. The summed E-state index contributed by atoms with van der Waals surface area (Å²) in [6, 6.07) is 1.09. The molecule has 1 aromatic rings. The van der Waals surface area contributed by atoms with E-state index in [4.69, 9.17) is 0 Å². The minimum Gasteiger partial charge on any atom is -0.330 e. The molecule has 1 aromatic heterocycles. The first-order chi connectivity index (χ1) is 13.3. The Hall–Kier alpha value is -1.62. The number of hydrogen-bond acceptors (Lipinski definition) is 3. The maximum atomic E-state index is 13.5. The molecule has 6 rings (SSSR count). The van der Waals surface area contributed by atoms with Crippen molar-refractivity contribution >= 4 is 5.91 Å². The van der Waals surface area contributed by atoms with Gasteiger partial charge in [-0.2, -0.15) is 5.10 Å². The molecule has 1 N–H and O–H groups in total. The molecule has 144 valence electrons. The quantitative estimate of drug-likeness (QED) is 0.778. The lowest BCUT2D eigenvalue weighted by Crippen LogP contribution is -2.60. The number of H-pyrrole nitrogens is 1. The lowest BCUT2D eigenvalue weighted by atomic mass is 9.68. The fourth-order valence-electron chi connectivity index (χ4n) is 6.83. The van der Waals surface area contributed by atoms with E-state index in [1.54, 1.807) is 5.57 Å². The smallest absolute Gasteiger partial charge is 0.275 e. The number of hydrogen-bond donors (Lipinski definition) is 1. The number of aryl methyl sites for hydroxylation is 1. The van der Waals surface area contributed by atoms with Gasteiger partial charge in [0.05, 0.1) is 6.04 Å². The van der Waals surface area contributed by atoms with E-state index in [2.05, 4.69) is 26.1 Å². The zero-order valence-corrected chi connectivity index (χ0v) is 16.1. The number of carbonyl (C=O) groups excluding carboxylic acids is 1. The Balaban J connectivity index is 1.33. The Labute approximate surface area is 161 Å². The molecule has 0 spiro atoms. The molecule has 1 amide bonds. The summed E-state index contributed by atoms with van der Waals surface area (Å²) in [6.07, 6.45) is 13.5. The number of amides is 1. The third kappa shape index (κ3) is 2.47. The number of likely N-dealkylation sites (tertiary alicyclic amines) is 1. The third-order valence-electron chi connectivity index (χ3n) is 7.93. The van der Waals surface area contributed by atoms with Crippen LogP contribution < -0.4 is 0 Å². The van der Waals surface area contributed by atoms with Gasteiger partial charge >= 0.3 is 0 Å². The van der Waals surface area contributed by atoms with Gasteiger partial charge in [0.15, 0.2) is 5.69 Å². The van der Waals surface area contributed by atoms with Crippen LogP contribution in [0, 0.1) is 11.8 Å². The van der Waals surface area contributed by atoms with Crippen LogP contribution in [0.5, 0.6) is 0 Å². The SMILES string of the molecule is O=C(c1n[nH]c2c1CCC2)N1CCCC2=C[C@H]3C[C@@H](CN4CCCCC34)C21. The summed E-state index contributed by atoms with van der Waals surface area (Å²) >= 11 is 0. The Morgan fingerprint density at radius 3 is 3.04 bits per heavy atom. The van der Waals surface area contributed by atoms with Crippen LogP contribution in [-0.4, -0.2) is 57.6 Å². The Morgan fingerprint density at radius 1 is 1.11 bits per heavy atom. The summed E-state index contributed by atoms with van der Waals surface area (Å²) in [6.45, 7) is 3.34. The largest absolute Gasteiger partial charge is 0.330 e. The summed E-state index contributed by atoms with van der Waals surface area (Å²) in [5.74, 6) is 1.52. The van der Waals surface area contributed by atoms with Gasteiger partial charge in [0.1, 0.15) is 0 Å². The number of fused-ring (bicyclic) bond motifs is 7. The molecule has 3 saturated heterocycles. The highest BCUT2D eigenvalue weighted by Gasteiger charge is 2.47. The van der Waals surface area contributed by atoms with Crippen molar-refractivity contribution in [2.45, 2.75) is 69.9 Å². The van der Waals surface area contributed by atoms with Gasteiger partial charge in [-0.1, -0.05) is 18.1 Å². The van der Waals surface area contributed by atoms with Crippen LogP contribution in [0.4, 0.5) is 0 Å². The van der Waals surface area contributed by atoms with Gasteiger partial charge < -0.3 is 4.90 Å². The second kappa shape index (κ2) is 6.20. The molecule has 3 aliphatic heterocycles. The van der Waals surface area contributed by atoms with E-state index in [0.717, 1.165) is 49.9 Å². The average Bonchev–Trinajstić information content (AvgIpc) is 3.31. The number of rotatable bonds is 1. The van der Waals surface area contributed by atoms with Crippen LogP contribution in [0.15, 0.2) is 11.6 Å². The van der Waals surface area contributed by atoms with Gasteiger partial charge in [0.2, 0.25) is 0 Å². The molecule has 4 atom stereocenters. The average molecular weight is 367 g/mol. The van der Waals surface area contributed by atoms with E-state index in [-0.39, 0.29) is 5.91 Å². The predicted molar refractivity (Wildman–Crippen MR) is 104 cm³/mol. The summed E-state index contributed by atoms with van der Waals surface area (Å²) < 4.78 is 0. The van der Waals surface area contributed by atoms with E-state index in [0.29, 0.717) is 12.0 Å².